The quantitative estimate of drug-likeness (QED) is 0.287. The molecule has 6 heteroatoms. The third-order valence-corrected chi connectivity index (χ3v) is 2.00. The van der Waals surface area contributed by atoms with Crippen molar-refractivity contribution in [3.05, 3.63) is 0 Å². The molecule has 1 rings (SSSR count). The minimum atomic E-state index is -1.27. The summed E-state index contributed by atoms with van der Waals surface area (Å²) in [5.74, 6) is 0. The summed E-state index contributed by atoms with van der Waals surface area (Å²) in [6.45, 7) is 0.0298. The van der Waals surface area contributed by atoms with Crippen LogP contribution in [0.1, 0.15) is 0 Å². The minimum absolute atomic E-state index is 0.0298. The Kier molecular flexibility index (Phi) is 2.99. The van der Waals surface area contributed by atoms with Gasteiger partial charge in [0.2, 0.25) is 0 Å². The second-order valence-electron chi connectivity index (χ2n) is 2.86. The van der Waals surface area contributed by atoms with Crippen LogP contribution in [0, 0.1) is 0 Å². The van der Waals surface area contributed by atoms with Gasteiger partial charge in [-0.25, -0.2) is 0 Å². The first kappa shape index (κ1) is 9.85. The zero-order valence-electron chi connectivity index (χ0n) is 6.50. The highest BCUT2D eigenvalue weighted by Crippen LogP contribution is 2.17. The van der Waals surface area contributed by atoms with Crippen LogP contribution in [0.4, 0.5) is 0 Å². The van der Waals surface area contributed by atoms with Crippen molar-refractivity contribution in [3.8, 4) is 0 Å². The summed E-state index contributed by atoms with van der Waals surface area (Å²) in [4.78, 5) is 0. The Hall–Kier alpha value is -0.240. The smallest absolute Gasteiger partial charge is 0.172 e. The van der Waals surface area contributed by atoms with Crippen LogP contribution in [0.25, 0.3) is 0 Å². The maximum absolute atomic E-state index is 9.28. The van der Waals surface area contributed by atoms with Gasteiger partial charge in [-0.2, -0.15) is 0 Å². The summed E-state index contributed by atoms with van der Waals surface area (Å²) >= 11 is 0. The molecule has 0 aromatic carbocycles. The number of nitrogens with two attached hydrogens (primary N) is 2. The fourth-order valence-electron chi connectivity index (χ4n) is 1.16. The van der Waals surface area contributed by atoms with Crippen molar-refractivity contribution in [1.82, 2.24) is 0 Å². The molecule has 1 aliphatic rings. The van der Waals surface area contributed by atoms with Crippen LogP contribution in [0.3, 0.4) is 0 Å². The van der Waals surface area contributed by atoms with Crippen LogP contribution in [0.5, 0.6) is 0 Å². The van der Waals surface area contributed by atoms with E-state index in [9.17, 15) is 10.2 Å². The molecule has 1 saturated heterocycles. The zero-order chi connectivity index (χ0) is 9.30. The molecule has 0 radical (unpaired) electrons. The average Bonchev–Trinajstić information content (AvgIpc) is 2.08. The second kappa shape index (κ2) is 3.65. The lowest BCUT2D eigenvalue weighted by atomic mass is 9.98. The van der Waals surface area contributed by atoms with E-state index in [4.69, 9.17) is 21.3 Å². The monoisotopic (exact) mass is 178 g/mol. The van der Waals surface area contributed by atoms with E-state index in [1.807, 2.05) is 0 Å². The molecule has 0 bridgehead atoms. The van der Waals surface area contributed by atoms with Crippen molar-refractivity contribution in [1.29, 1.82) is 0 Å². The van der Waals surface area contributed by atoms with Gasteiger partial charge in [0.1, 0.15) is 18.3 Å². The van der Waals surface area contributed by atoms with Gasteiger partial charge in [-0.15, -0.1) is 0 Å². The van der Waals surface area contributed by atoms with Gasteiger partial charge < -0.3 is 31.5 Å². The average molecular weight is 178 g/mol. The predicted octanol–water partition coefficient (Wildman–Crippen LogP) is -3.29. The summed E-state index contributed by atoms with van der Waals surface area (Å²) in [5.41, 5.74) is 10.5. The highest BCUT2D eigenvalue weighted by Gasteiger charge is 2.41. The molecule has 0 saturated carbocycles. The largest absolute Gasteiger partial charge is 0.388 e. The van der Waals surface area contributed by atoms with E-state index in [1.54, 1.807) is 0 Å². The lowest BCUT2D eigenvalue weighted by Crippen LogP contribution is -2.62. The molecule has 0 aromatic rings. The molecular formula is C6H14N2O4. The SMILES string of the molecule is NCC1OC(O)C(N)C(O)C1O. The third-order valence-electron chi connectivity index (χ3n) is 2.00. The van der Waals surface area contributed by atoms with Crippen LogP contribution in [0.2, 0.25) is 0 Å². The predicted molar refractivity (Wildman–Crippen MR) is 39.9 cm³/mol. The lowest BCUT2D eigenvalue weighted by molar-refractivity contribution is -0.238. The summed E-state index contributed by atoms with van der Waals surface area (Å²) in [6, 6.07) is -0.984. The fraction of sp³-hybridized carbons (Fsp3) is 1.00. The molecule has 1 fully saturated rings. The van der Waals surface area contributed by atoms with Gasteiger partial charge in [0.05, 0.1) is 6.04 Å². The molecule has 7 N–H and O–H groups in total. The molecule has 1 aliphatic heterocycles. The maximum atomic E-state index is 9.28. The Labute approximate surface area is 69.7 Å². The topological polar surface area (TPSA) is 122 Å². The first-order valence-corrected chi connectivity index (χ1v) is 3.73. The van der Waals surface area contributed by atoms with Crippen molar-refractivity contribution in [2.45, 2.75) is 30.6 Å². The van der Waals surface area contributed by atoms with Crippen molar-refractivity contribution in [3.63, 3.8) is 0 Å². The van der Waals surface area contributed by atoms with E-state index in [0.29, 0.717) is 0 Å². The van der Waals surface area contributed by atoms with Crippen LogP contribution < -0.4 is 11.5 Å². The van der Waals surface area contributed by atoms with Crippen LogP contribution in [-0.2, 0) is 4.74 Å². The Morgan fingerprint density at radius 2 is 1.75 bits per heavy atom. The van der Waals surface area contributed by atoms with Gasteiger partial charge in [-0.05, 0) is 0 Å². The number of rotatable bonds is 1. The second-order valence-corrected chi connectivity index (χ2v) is 2.86. The normalized spacial score (nSPS) is 49.2. The number of aliphatic hydroxyl groups is 3. The molecule has 0 spiro atoms. The number of hydrogen-bond acceptors (Lipinski definition) is 6. The highest BCUT2D eigenvalue weighted by atomic mass is 16.6. The Balaban J connectivity index is 2.63. The van der Waals surface area contributed by atoms with Gasteiger partial charge >= 0.3 is 0 Å². The first-order chi connectivity index (χ1) is 5.57. The van der Waals surface area contributed by atoms with E-state index in [1.165, 1.54) is 0 Å². The minimum Gasteiger partial charge on any atom is -0.388 e. The van der Waals surface area contributed by atoms with Crippen molar-refractivity contribution < 1.29 is 20.1 Å². The van der Waals surface area contributed by atoms with Crippen LogP contribution >= 0.6 is 0 Å². The van der Waals surface area contributed by atoms with Gasteiger partial charge in [0.25, 0.3) is 0 Å². The van der Waals surface area contributed by atoms with E-state index in [-0.39, 0.29) is 6.54 Å². The molecule has 1 heterocycles. The molecular weight excluding hydrogens is 164 g/mol. The zero-order valence-corrected chi connectivity index (χ0v) is 6.50. The molecule has 72 valence electrons. The molecule has 0 amide bonds. The Morgan fingerprint density at radius 1 is 1.17 bits per heavy atom. The van der Waals surface area contributed by atoms with Gasteiger partial charge in [0.15, 0.2) is 6.29 Å². The van der Waals surface area contributed by atoms with Gasteiger partial charge in [-0.1, -0.05) is 0 Å². The lowest BCUT2D eigenvalue weighted by Gasteiger charge is -2.38. The van der Waals surface area contributed by atoms with E-state index < -0.39 is 30.6 Å². The van der Waals surface area contributed by atoms with Crippen LogP contribution in [0.15, 0.2) is 0 Å². The third kappa shape index (κ3) is 1.58. The van der Waals surface area contributed by atoms with Crippen LogP contribution in [-0.4, -0.2) is 52.5 Å². The summed E-state index contributed by atoms with van der Waals surface area (Å²) < 4.78 is 4.83. The molecule has 5 atom stereocenters. The molecule has 5 unspecified atom stereocenters. The Bertz CT molecular complexity index is 152. The molecule has 0 aromatic heterocycles. The number of aliphatic hydroxyl groups excluding tert-OH is 3. The Morgan fingerprint density at radius 3 is 2.25 bits per heavy atom. The highest BCUT2D eigenvalue weighted by molar-refractivity contribution is 4.91. The standard InChI is InChI=1S/C6H14N2O4/c7-1-2-4(9)5(10)3(8)6(11)12-2/h2-6,9-11H,1,7-8H2. The summed E-state index contributed by atoms with van der Waals surface area (Å²) in [7, 11) is 0. The summed E-state index contributed by atoms with van der Waals surface area (Å²) in [6.07, 6.45) is -4.34. The van der Waals surface area contributed by atoms with E-state index in [2.05, 4.69) is 0 Å². The molecule has 12 heavy (non-hydrogen) atoms. The van der Waals surface area contributed by atoms with E-state index in [0.717, 1.165) is 0 Å². The van der Waals surface area contributed by atoms with Gasteiger partial charge in [-0.3, -0.25) is 0 Å². The number of hydrogen-bond donors (Lipinski definition) is 5. The number of ether oxygens (including phenoxy) is 1. The van der Waals surface area contributed by atoms with Crippen molar-refractivity contribution >= 4 is 0 Å². The summed E-state index contributed by atoms with van der Waals surface area (Å²) in [5, 5.41) is 27.6. The van der Waals surface area contributed by atoms with E-state index >= 15 is 0 Å². The first-order valence-electron chi connectivity index (χ1n) is 3.73. The molecule has 0 aliphatic carbocycles. The maximum Gasteiger partial charge on any atom is 0.172 e. The van der Waals surface area contributed by atoms with Crippen molar-refractivity contribution in [2.24, 2.45) is 11.5 Å². The van der Waals surface area contributed by atoms with Crippen molar-refractivity contribution in [2.75, 3.05) is 6.54 Å². The van der Waals surface area contributed by atoms with Gasteiger partial charge in [0, 0.05) is 6.54 Å². The molecule has 6 nitrogen and oxygen atoms in total. The fourth-order valence-corrected chi connectivity index (χ4v) is 1.16.